The van der Waals surface area contributed by atoms with Gasteiger partial charge in [-0.2, -0.15) is 0 Å². The molecule has 0 rings (SSSR count). The van der Waals surface area contributed by atoms with E-state index in [1.165, 1.54) is 135 Å². The van der Waals surface area contributed by atoms with Gasteiger partial charge in [0.2, 0.25) is 0 Å². The molecule has 0 aromatic carbocycles. The highest BCUT2D eigenvalue weighted by Crippen LogP contribution is 2.18. The maximum Gasteiger partial charge on any atom is 0.306 e. The Labute approximate surface area is 336 Å². The Kier molecular flexibility index (Phi) is 38.5. The van der Waals surface area contributed by atoms with E-state index in [-0.39, 0.29) is 31.1 Å². The van der Waals surface area contributed by atoms with Gasteiger partial charge in [0.15, 0.2) is 6.10 Å². The first-order chi connectivity index (χ1) is 26.2. The van der Waals surface area contributed by atoms with Gasteiger partial charge < -0.3 is 14.2 Å². The lowest BCUT2D eigenvalue weighted by atomic mass is 9.99. The SMILES string of the molecule is CCC(C)CCCCCCCCCCC(=O)OCC(COC(=O)CCCCCCCCCCC(C)CC)OC(=O)CCCCCCCCCCC(C)CC. The van der Waals surface area contributed by atoms with E-state index in [1.807, 2.05) is 0 Å². The number of hydrogen-bond acceptors (Lipinski definition) is 6. The van der Waals surface area contributed by atoms with Gasteiger partial charge in [0.1, 0.15) is 13.2 Å². The zero-order valence-electron chi connectivity index (χ0n) is 37.0. The van der Waals surface area contributed by atoms with Crippen LogP contribution in [-0.4, -0.2) is 37.2 Å². The number of ether oxygens (including phenoxy) is 3. The summed E-state index contributed by atoms with van der Waals surface area (Å²) in [5.74, 6) is 1.68. The van der Waals surface area contributed by atoms with E-state index >= 15 is 0 Å². The summed E-state index contributed by atoms with van der Waals surface area (Å²) >= 11 is 0. The smallest absolute Gasteiger partial charge is 0.306 e. The second kappa shape index (κ2) is 39.6. The molecule has 54 heavy (non-hydrogen) atoms. The van der Waals surface area contributed by atoms with Crippen molar-refractivity contribution in [2.75, 3.05) is 13.2 Å². The normalized spacial score (nSPS) is 13.7. The Morgan fingerprint density at radius 1 is 0.352 bits per heavy atom. The van der Waals surface area contributed by atoms with Gasteiger partial charge in [0.05, 0.1) is 0 Å². The Morgan fingerprint density at radius 2 is 0.593 bits per heavy atom. The van der Waals surface area contributed by atoms with Crippen LogP contribution in [0.2, 0.25) is 0 Å². The predicted octanol–water partition coefficient (Wildman–Crippen LogP) is 14.8. The molecule has 320 valence electrons. The number of unbranched alkanes of at least 4 members (excludes halogenated alkanes) is 21. The monoisotopic (exact) mass is 765 g/mol. The fourth-order valence-electron chi connectivity index (χ4n) is 6.96. The molecule has 0 saturated heterocycles. The van der Waals surface area contributed by atoms with Crippen LogP contribution in [0.4, 0.5) is 0 Å². The van der Waals surface area contributed by atoms with Crippen molar-refractivity contribution >= 4 is 17.9 Å². The lowest BCUT2D eigenvalue weighted by Gasteiger charge is -2.18. The minimum atomic E-state index is -0.763. The Morgan fingerprint density at radius 3 is 0.870 bits per heavy atom. The molecule has 6 heteroatoms. The molecule has 0 aliphatic carbocycles. The zero-order chi connectivity index (χ0) is 39.9. The van der Waals surface area contributed by atoms with Crippen molar-refractivity contribution in [3.8, 4) is 0 Å². The molecule has 6 nitrogen and oxygen atoms in total. The topological polar surface area (TPSA) is 78.9 Å². The van der Waals surface area contributed by atoms with Gasteiger partial charge in [-0.05, 0) is 37.0 Å². The number of hydrogen-bond donors (Lipinski definition) is 0. The largest absolute Gasteiger partial charge is 0.462 e. The number of carbonyl (C=O) groups excluding carboxylic acids is 3. The highest BCUT2D eigenvalue weighted by molar-refractivity contribution is 5.71. The average Bonchev–Trinajstić information content (AvgIpc) is 3.17. The summed E-state index contributed by atoms with van der Waals surface area (Å²) in [4.78, 5) is 37.8. The average molecular weight is 765 g/mol. The summed E-state index contributed by atoms with van der Waals surface area (Å²) in [6.45, 7) is 13.7. The maximum atomic E-state index is 12.7. The van der Waals surface area contributed by atoms with Crippen LogP contribution in [0, 0.1) is 17.8 Å². The highest BCUT2D eigenvalue weighted by Gasteiger charge is 2.19. The molecule has 0 aromatic rings. The van der Waals surface area contributed by atoms with Gasteiger partial charge in [0.25, 0.3) is 0 Å². The first kappa shape index (κ1) is 52.4. The van der Waals surface area contributed by atoms with Crippen molar-refractivity contribution in [2.45, 2.75) is 260 Å². The number of rotatable bonds is 41. The second-order valence-electron chi connectivity index (χ2n) is 17.1. The van der Waals surface area contributed by atoms with Gasteiger partial charge in [-0.25, -0.2) is 0 Å². The van der Waals surface area contributed by atoms with Crippen molar-refractivity contribution in [3.05, 3.63) is 0 Å². The Bertz CT molecular complexity index is 797. The van der Waals surface area contributed by atoms with E-state index in [1.54, 1.807) is 0 Å². The summed E-state index contributed by atoms with van der Waals surface area (Å²) in [6.07, 6.45) is 36.4. The van der Waals surface area contributed by atoms with Gasteiger partial charge in [-0.3, -0.25) is 14.4 Å². The van der Waals surface area contributed by atoms with E-state index < -0.39 is 6.10 Å². The maximum absolute atomic E-state index is 12.7. The van der Waals surface area contributed by atoms with Crippen molar-refractivity contribution < 1.29 is 28.6 Å². The van der Waals surface area contributed by atoms with E-state index in [0.717, 1.165) is 75.5 Å². The number of carbonyl (C=O) groups is 3. The lowest BCUT2D eigenvalue weighted by molar-refractivity contribution is -0.167. The van der Waals surface area contributed by atoms with Crippen LogP contribution >= 0.6 is 0 Å². The van der Waals surface area contributed by atoms with Crippen molar-refractivity contribution in [1.29, 1.82) is 0 Å². The first-order valence-corrected chi connectivity index (χ1v) is 23.7. The van der Waals surface area contributed by atoms with Crippen molar-refractivity contribution in [3.63, 3.8) is 0 Å². The molecule has 0 radical (unpaired) electrons. The molecule has 3 atom stereocenters. The molecule has 0 fully saturated rings. The third kappa shape index (κ3) is 37.3. The van der Waals surface area contributed by atoms with Crippen LogP contribution in [0.15, 0.2) is 0 Å². The lowest BCUT2D eigenvalue weighted by Crippen LogP contribution is -2.30. The zero-order valence-corrected chi connectivity index (χ0v) is 37.0. The summed E-state index contributed by atoms with van der Waals surface area (Å²) in [7, 11) is 0. The van der Waals surface area contributed by atoms with Crippen molar-refractivity contribution in [2.24, 2.45) is 17.8 Å². The standard InChI is InChI=1S/C48H92O6/c1-7-42(4)34-28-22-16-10-13-19-25-31-37-46(49)52-40-45(54-48(51)39-33-27-21-15-12-18-24-30-36-44(6)9-3)41-53-47(50)38-32-26-20-14-11-17-23-29-35-43(5)8-2/h42-45H,7-41H2,1-6H3. The second-order valence-corrected chi connectivity index (χ2v) is 17.1. The fraction of sp³-hybridized carbons (Fsp3) is 0.938. The molecule has 0 aliphatic rings. The fourth-order valence-corrected chi connectivity index (χ4v) is 6.96. The van der Waals surface area contributed by atoms with Crippen LogP contribution in [0.25, 0.3) is 0 Å². The van der Waals surface area contributed by atoms with Crippen LogP contribution < -0.4 is 0 Å². The minimum Gasteiger partial charge on any atom is -0.462 e. The number of esters is 3. The van der Waals surface area contributed by atoms with Crippen LogP contribution in [0.1, 0.15) is 253 Å². The van der Waals surface area contributed by atoms with Gasteiger partial charge in [-0.15, -0.1) is 0 Å². The molecule has 0 aromatic heterocycles. The minimum absolute atomic E-state index is 0.0666. The molecule has 0 spiro atoms. The van der Waals surface area contributed by atoms with Crippen LogP contribution in [-0.2, 0) is 28.6 Å². The van der Waals surface area contributed by atoms with Crippen LogP contribution in [0.5, 0.6) is 0 Å². The Balaban J connectivity index is 4.38. The van der Waals surface area contributed by atoms with E-state index in [0.29, 0.717) is 19.3 Å². The summed E-state index contributed by atoms with van der Waals surface area (Å²) in [5, 5.41) is 0. The van der Waals surface area contributed by atoms with Crippen LogP contribution in [0.3, 0.4) is 0 Å². The third-order valence-electron chi connectivity index (χ3n) is 11.7. The summed E-state index contributed by atoms with van der Waals surface area (Å²) < 4.78 is 16.7. The van der Waals surface area contributed by atoms with Crippen molar-refractivity contribution in [1.82, 2.24) is 0 Å². The highest BCUT2D eigenvalue weighted by atomic mass is 16.6. The van der Waals surface area contributed by atoms with Gasteiger partial charge in [-0.1, -0.05) is 215 Å². The van der Waals surface area contributed by atoms with E-state index in [9.17, 15) is 14.4 Å². The molecule has 0 bridgehead atoms. The predicted molar refractivity (Wildman–Crippen MR) is 229 cm³/mol. The molecule has 0 aliphatic heterocycles. The molecular weight excluding hydrogens is 673 g/mol. The molecule has 0 amide bonds. The van der Waals surface area contributed by atoms with E-state index in [4.69, 9.17) is 14.2 Å². The third-order valence-corrected chi connectivity index (χ3v) is 11.7. The summed E-state index contributed by atoms with van der Waals surface area (Å²) in [5.41, 5.74) is 0. The molecule has 0 saturated carbocycles. The van der Waals surface area contributed by atoms with Gasteiger partial charge >= 0.3 is 17.9 Å². The molecular formula is C48H92O6. The van der Waals surface area contributed by atoms with Gasteiger partial charge in [0, 0.05) is 19.3 Å². The first-order valence-electron chi connectivity index (χ1n) is 23.7. The van der Waals surface area contributed by atoms with E-state index in [2.05, 4.69) is 41.5 Å². The molecule has 0 N–H and O–H groups in total. The Hall–Kier alpha value is -1.59. The summed E-state index contributed by atoms with van der Waals surface area (Å²) in [6, 6.07) is 0. The molecule has 3 unspecified atom stereocenters. The quantitative estimate of drug-likeness (QED) is 0.0350. The molecule has 0 heterocycles.